The van der Waals surface area contributed by atoms with E-state index in [4.69, 9.17) is 0 Å². The minimum absolute atomic E-state index is 0.127. The molecule has 1 rings (SSSR count). The van der Waals surface area contributed by atoms with Crippen molar-refractivity contribution in [2.75, 3.05) is 13.1 Å². The lowest BCUT2D eigenvalue weighted by Crippen LogP contribution is -2.43. The van der Waals surface area contributed by atoms with E-state index in [1.165, 1.54) is 4.41 Å². The van der Waals surface area contributed by atoms with Crippen molar-refractivity contribution >= 4 is 10.0 Å². The highest BCUT2D eigenvalue weighted by atomic mass is 32.2. The van der Waals surface area contributed by atoms with Gasteiger partial charge in [-0.25, -0.2) is 13.8 Å². The van der Waals surface area contributed by atoms with Crippen LogP contribution in [-0.2, 0) is 10.0 Å². The van der Waals surface area contributed by atoms with Gasteiger partial charge in [-0.1, -0.05) is 34.1 Å². The van der Waals surface area contributed by atoms with Crippen molar-refractivity contribution in [3.63, 3.8) is 0 Å². The van der Waals surface area contributed by atoms with Crippen molar-refractivity contribution in [1.29, 1.82) is 0 Å². The van der Waals surface area contributed by atoms with Crippen LogP contribution in [0.3, 0.4) is 0 Å². The van der Waals surface area contributed by atoms with Crippen LogP contribution in [0.15, 0.2) is 0 Å². The highest BCUT2D eigenvalue weighted by molar-refractivity contribution is 7.90. The van der Waals surface area contributed by atoms with Gasteiger partial charge in [0.1, 0.15) is 0 Å². The lowest BCUT2D eigenvalue weighted by molar-refractivity contribution is 0.306. The molecule has 1 fully saturated rings. The zero-order chi connectivity index (χ0) is 12.4. The van der Waals surface area contributed by atoms with Crippen LogP contribution in [0.5, 0.6) is 0 Å². The van der Waals surface area contributed by atoms with E-state index in [2.05, 4.69) is 26.2 Å². The van der Waals surface area contributed by atoms with Crippen LogP contribution in [0.4, 0.5) is 0 Å². The Kier molecular flexibility index (Phi) is 4.37. The Balaban J connectivity index is 2.86. The minimum atomic E-state index is -3.15. The first-order valence-corrected chi connectivity index (χ1v) is 7.61. The Morgan fingerprint density at radius 2 is 2.00 bits per heavy atom. The van der Waals surface area contributed by atoms with Crippen LogP contribution in [0.25, 0.3) is 0 Å². The van der Waals surface area contributed by atoms with E-state index in [0.29, 0.717) is 13.1 Å². The predicted octanol–water partition coefficient (Wildman–Crippen LogP) is 1.74. The first kappa shape index (κ1) is 13.9. The van der Waals surface area contributed by atoms with Crippen molar-refractivity contribution in [2.24, 2.45) is 5.41 Å². The quantitative estimate of drug-likeness (QED) is 0.806. The van der Waals surface area contributed by atoms with Crippen molar-refractivity contribution in [2.45, 2.75) is 52.2 Å². The molecule has 1 aliphatic rings. The van der Waals surface area contributed by atoms with Crippen LogP contribution >= 0.6 is 0 Å². The SMILES string of the molecule is CCCC(C)(C)C1CCN(NCC)S1(=O)=O. The van der Waals surface area contributed by atoms with Crippen molar-refractivity contribution in [1.82, 2.24) is 9.84 Å². The molecule has 16 heavy (non-hydrogen) atoms. The molecule has 0 spiro atoms. The number of hydrogen-bond donors (Lipinski definition) is 1. The number of hydrogen-bond acceptors (Lipinski definition) is 3. The fraction of sp³-hybridized carbons (Fsp3) is 1.00. The Hall–Kier alpha value is -0.130. The van der Waals surface area contributed by atoms with Crippen LogP contribution in [0.1, 0.15) is 47.0 Å². The molecule has 0 aliphatic carbocycles. The molecule has 1 N–H and O–H groups in total. The molecule has 0 aromatic rings. The molecule has 1 saturated heterocycles. The first-order chi connectivity index (χ1) is 7.36. The molecule has 0 bridgehead atoms. The molecule has 1 unspecified atom stereocenters. The second kappa shape index (κ2) is 5.02. The van der Waals surface area contributed by atoms with Crippen LogP contribution in [0, 0.1) is 5.41 Å². The van der Waals surface area contributed by atoms with Gasteiger partial charge in [-0.05, 0) is 18.3 Å². The Morgan fingerprint density at radius 1 is 1.38 bits per heavy atom. The highest BCUT2D eigenvalue weighted by Gasteiger charge is 2.46. The Morgan fingerprint density at radius 3 is 2.50 bits per heavy atom. The topological polar surface area (TPSA) is 49.4 Å². The second-order valence-electron chi connectivity index (χ2n) is 5.14. The number of rotatable bonds is 5. The minimum Gasteiger partial charge on any atom is -0.242 e. The molecule has 0 radical (unpaired) electrons. The molecule has 0 aromatic heterocycles. The normalized spacial score (nSPS) is 26.1. The average Bonchev–Trinajstić information content (AvgIpc) is 2.43. The zero-order valence-electron chi connectivity index (χ0n) is 10.8. The molecule has 5 heteroatoms. The summed E-state index contributed by atoms with van der Waals surface area (Å²) in [6.45, 7) is 9.40. The largest absolute Gasteiger partial charge is 0.242 e. The number of nitrogens with one attached hydrogen (secondary N) is 1. The monoisotopic (exact) mass is 248 g/mol. The summed E-state index contributed by atoms with van der Waals surface area (Å²) in [6, 6.07) is 0. The maximum absolute atomic E-state index is 12.3. The molecule has 4 nitrogen and oxygen atoms in total. The molecule has 0 amide bonds. The van der Waals surface area contributed by atoms with E-state index in [9.17, 15) is 8.42 Å². The van der Waals surface area contributed by atoms with Crippen molar-refractivity contribution < 1.29 is 8.42 Å². The van der Waals surface area contributed by atoms with Gasteiger partial charge in [0.05, 0.1) is 5.25 Å². The van der Waals surface area contributed by atoms with Gasteiger partial charge >= 0.3 is 0 Å². The smallest absolute Gasteiger partial charge is 0.230 e. The van der Waals surface area contributed by atoms with E-state index in [-0.39, 0.29) is 10.7 Å². The van der Waals surface area contributed by atoms with E-state index >= 15 is 0 Å². The maximum Gasteiger partial charge on any atom is 0.230 e. The number of sulfonamides is 1. The van der Waals surface area contributed by atoms with Crippen LogP contribution < -0.4 is 5.43 Å². The first-order valence-electron chi connectivity index (χ1n) is 6.11. The summed E-state index contributed by atoms with van der Waals surface area (Å²) in [5.74, 6) is 0. The lowest BCUT2D eigenvalue weighted by atomic mass is 9.83. The van der Waals surface area contributed by atoms with Gasteiger partial charge in [-0.15, -0.1) is 4.41 Å². The second-order valence-corrected chi connectivity index (χ2v) is 7.18. The number of hydrazine groups is 1. The lowest BCUT2D eigenvalue weighted by Gasteiger charge is -2.30. The van der Waals surface area contributed by atoms with Gasteiger partial charge in [0, 0.05) is 13.1 Å². The molecule has 0 saturated carbocycles. The van der Waals surface area contributed by atoms with Gasteiger partial charge < -0.3 is 0 Å². The summed E-state index contributed by atoms with van der Waals surface area (Å²) >= 11 is 0. The van der Waals surface area contributed by atoms with Crippen molar-refractivity contribution in [3.05, 3.63) is 0 Å². The third-order valence-electron chi connectivity index (χ3n) is 3.36. The molecule has 1 heterocycles. The average molecular weight is 248 g/mol. The van der Waals surface area contributed by atoms with Crippen molar-refractivity contribution in [3.8, 4) is 0 Å². The fourth-order valence-electron chi connectivity index (χ4n) is 2.61. The van der Waals surface area contributed by atoms with E-state index in [1.807, 2.05) is 6.92 Å². The maximum atomic E-state index is 12.3. The van der Waals surface area contributed by atoms with E-state index in [0.717, 1.165) is 19.3 Å². The third kappa shape index (κ3) is 2.57. The summed E-state index contributed by atoms with van der Waals surface area (Å²) in [6.07, 6.45) is 2.72. The van der Waals surface area contributed by atoms with Crippen LogP contribution in [0.2, 0.25) is 0 Å². The van der Waals surface area contributed by atoms with E-state index in [1.54, 1.807) is 0 Å². The molecular weight excluding hydrogens is 224 g/mol. The summed E-state index contributed by atoms with van der Waals surface area (Å²) in [5.41, 5.74) is 2.80. The van der Waals surface area contributed by atoms with Gasteiger partial charge in [-0.2, -0.15) is 0 Å². The third-order valence-corrected chi connectivity index (χ3v) is 5.88. The predicted molar refractivity (Wildman–Crippen MR) is 66.4 cm³/mol. The summed E-state index contributed by atoms with van der Waals surface area (Å²) < 4.78 is 26.0. The summed E-state index contributed by atoms with van der Waals surface area (Å²) in [4.78, 5) is 0. The van der Waals surface area contributed by atoms with Gasteiger partial charge in [0.2, 0.25) is 10.0 Å². The van der Waals surface area contributed by atoms with E-state index < -0.39 is 10.0 Å². The molecule has 1 aliphatic heterocycles. The molecule has 1 atom stereocenters. The Bertz CT molecular complexity index is 325. The fourth-order valence-corrected chi connectivity index (χ4v) is 4.91. The molecular formula is C11H24N2O2S. The summed E-state index contributed by atoms with van der Waals surface area (Å²) in [7, 11) is -3.15. The van der Waals surface area contributed by atoms with Gasteiger partial charge in [0.15, 0.2) is 0 Å². The van der Waals surface area contributed by atoms with Crippen LogP contribution in [-0.4, -0.2) is 31.2 Å². The number of nitrogens with zero attached hydrogens (tertiary/aromatic N) is 1. The van der Waals surface area contributed by atoms with Gasteiger partial charge in [-0.3, -0.25) is 0 Å². The van der Waals surface area contributed by atoms with Gasteiger partial charge in [0.25, 0.3) is 0 Å². The standard InChI is InChI=1S/C11H24N2O2S/c1-5-8-11(3,4)10-7-9-13(12-6-2)16(10,14)15/h10,12H,5-9H2,1-4H3. The molecule has 96 valence electrons. The summed E-state index contributed by atoms with van der Waals surface area (Å²) in [5, 5.41) is -0.237. The molecule has 0 aromatic carbocycles. The zero-order valence-corrected chi connectivity index (χ0v) is 11.6. The Labute approximate surface area is 99.4 Å². The highest BCUT2D eigenvalue weighted by Crippen LogP contribution is 2.38.